The molecule has 0 heterocycles. The summed E-state index contributed by atoms with van der Waals surface area (Å²) in [6, 6.07) is 7.89. The highest BCUT2D eigenvalue weighted by atomic mass is 16.5. The molecule has 0 atom stereocenters. The molecule has 0 fully saturated rings. The van der Waals surface area contributed by atoms with Gasteiger partial charge in [0.2, 0.25) is 0 Å². The summed E-state index contributed by atoms with van der Waals surface area (Å²) in [5.74, 6) is 0.555. The first-order chi connectivity index (χ1) is 12.7. The number of esters is 1. The van der Waals surface area contributed by atoms with Crippen LogP contribution in [0.15, 0.2) is 60.2 Å². The average Bonchev–Trinajstić information content (AvgIpc) is 2.68. The molecule has 4 heteroatoms. The van der Waals surface area contributed by atoms with Crippen LogP contribution in [0.5, 0.6) is 5.75 Å². The Labute approximate surface area is 157 Å². The number of rotatable bonds is 12. The van der Waals surface area contributed by atoms with E-state index in [1.807, 2.05) is 30.3 Å². The largest absolute Gasteiger partial charge is 0.497 e. The number of carbonyl (C=O) groups excluding carboxylic acids is 1. The van der Waals surface area contributed by atoms with E-state index >= 15 is 0 Å². The summed E-state index contributed by atoms with van der Waals surface area (Å²) < 4.78 is 15.4. The number of ether oxygens (including phenoxy) is 3. The third kappa shape index (κ3) is 9.84. The van der Waals surface area contributed by atoms with Crippen molar-refractivity contribution < 1.29 is 19.0 Å². The molecule has 1 aromatic rings. The summed E-state index contributed by atoms with van der Waals surface area (Å²) in [4.78, 5) is 10.9. The minimum absolute atomic E-state index is 0.299. The van der Waals surface area contributed by atoms with E-state index < -0.39 is 0 Å². The maximum atomic E-state index is 10.9. The molecule has 0 aliphatic heterocycles. The molecule has 26 heavy (non-hydrogen) atoms. The SMILES string of the molecule is CCC(/C=C/COCc1ccc(OC)cc1)=C\CCC/C=C/C(=O)OC. The van der Waals surface area contributed by atoms with Gasteiger partial charge in [-0.2, -0.15) is 0 Å². The number of unbranched alkanes of at least 4 members (excludes halogenated alkanes) is 2. The maximum absolute atomic E-state index is 10.9. The summed E-state index contributed by atoms with van der Waals surface area (Å²) in [6.07, 6.45) is 13.6. The van der Waals surface area contributed by atoms with Gasteiger partial charge in [0, 0.05) is 6.08 Å². The summed E-state index contributed by atoms with van der Waals surface area (Å²) >= 11 is 0. The van der Waals surface area contributed by atoms with Gasteiger partial charge in [0.05, 0.1) is 27.4 Å². The maximum Gasteiger partial charge on any atom is 0.330 e. The Morgan fingerprint density at radius 2 is 1.81 bits per heavy atom. The summed E-state index contributed by atoms with van der Waals surface area (Å²) in [5, 5.41) is 0. The first-order valence-electron chi connectivity index (χ1n) is 9.00. The molecule has 0 radical (unpaired) electrons. The van der Waals surface area contributed by atoms with Crippen molar-refractivity contribution in [3.05, 3.63) is 65.8 Å². The van der Waals surface area contributed by atoms with Crippen LogP contribution in [0.25, 0.3) is 0 Å². The number of hydrogen-bond donors (Lipinski definition) is 0. The average molecular weight is 358 g/mol. The van der Waals surface area contributed by atoms with E-state index in [0.717, 1.165) is 37.0 Å². The summed E-state index contributed by atoms with van der Waals surface area (Å²) in [6.45, 7) is 3.32. The lowest BCUT2D eigenvalue weighted by atomic mass is 10.1. The fourth-order valence-electron chi connectivity index (χ4n) is 2.27. The predicted molar refractivity (Wildman–Crippen MR) is 105 cm³/mol. The zero-order chi connectivity index (χ0) is 19.0. The van der Waals surface area contributed by atoms with Gasteiger partial charge in [0.15, 0.2) is 0 Å². The lowest BCUT2D eigenvalue weighted by Crippen LogP contribution is -1.93. The summed E-state index contributed by atoms with van der Waals surface area (Å²) in [5.41, 5.74) is 2.43. The van der Waals surface area contributed by atoms with Gasteiger partial charge in [0.25, 0.3) is 0 Å². The molecule has 0 amide bonds. The molecule has 0 aliphatic rings. The Morgan fingerprint density at radius 1 is 1.04 bits per heavy atom. The zero-order valence-corrected chi connectivity index (χ0v) is 16.1. The van der Waals surface area contributed by atoms with Crippen LogP contribution in [0.1, 0.15) is 38.2 Å². The van der Waals surface area contributed by atoms with Gasteiger partial charge in [-0.15, -0.1) is 0 Å². The number of benzene rings is 1. The lowest BCUT2D eigenvalue weighted by molar-refractivity contribution is -0.134. The Morgan fingerprint density at radius 3 is 2.46 bits per heavy atom. The second-order valence-electron chi connectivity index (χ2n) is 5.75. The van der Waals surface area contributed by atoms with Crippen molar-refractivity contribution in [3.8, 4) is 5.75 Å². The van der Waals surface area contributed by atoms with Crippen LogP contribution in [0.3, 0.4) is 0 Å². The van der Waals surface area contributed by atoms with Crippen LogP contribution >= 0.6 is 0 Å². The fraction of sp³-hybridized carbons (Fsp3) is 0.409. The van der Waals surface area contributed by atoms with E-state index in [1.165, 1.54) is 18.8 Å². The van der Waals surface area contributed by atoms with Gasteiger partial charge in [-0.25, -0.2) is 4.79 Å². The molecule has 0 N–H and O–H groups in total. The molecule has 0 unspecified atom stereocenters. The standard InChI is InChI=1S/C22H30O4/c1-4-19(10-7-5-6-8-12-22(23)25-3)11-9-17-26-18-20-13-15-21(24-2)16-14-20/h8-16H,4-7,17-18H2,1-3H3/b11-9+,12-8+,19-10+. The molecule has 0 aliphatic carbocycles. The molecule has 142 valence electrons. The minimum Gasteiger partial charge on any atom is -0.497 e. The molecule has 0 aromatic heterocycles. The number of methoxy groups -OCH3 is 2. The predicted octanol–water partition coefficient (Wildman–Crippen LogP) is 5.00. The van der Waals surface area contributed by atoms with Crippen LogP contribution in [0.4, 0.5) is 0 Å². The second-order valence-corrected chi connectivity index (χ2v) is 5.75. The smallest absolute Gasteiger partial charge is 0.330 e. The van der Waals surface area contributed by atoms with Gasteiger partial charge >= 0.3 is 5.97 Å². The fourth-order valence-corrected chi connectivity index (χ4v) is 2.27. The Balaban J connectivity index is 2.24. The van der Waals surface area contributed by atoms with E-state index in [4.69, 9.17) is 9.47 Å². The number of allylic oxidation sites excluding steroid dienone is 4. The van der Waals surface area contributed by atoms with Gasteiger partial charge in [-0.3, -0.25) is 0 Å². The lowest BCUT2D eigenvalue weighted by Gasteiger charge is -2.04. The van der Waals surface area contributed by atoms with Crippen LogP contribution in [-0.2, 0) is 20.9 Å². The van der Waals surface area contributed by atoms with Crippen molar-refractivity contribution in [2.24, 2.45) is 0 Å². The second kappa shape index (κ2) is 13.9. The van der Waals surface area contributed by atoms with Gasteiger partial charge < -0.3 is 14.2 Å². The van der Waals surface area contributed by atoms with E-state index in [2.05, 4.69) is 29.9 Å². The topological polar surface area (TPSA) is 44.8 Å². The van der Waals surface area contributed by atoms with E-state index in [0.29, 0.717) is 13.2 Å². The van der Waals surface area contributed by atoms with Crippen molar-refractivity contribution >= 4 is 5.97 Å². The van der Waals surface area contributed by atoms with Crippen molar-refractivity contribution in [1.29, 1.82) is 0 Å². The van der Waals surface area contributed by atoms with Crippen LogP contribution in [-0.4, -0.2) is 26.8 Å². The molecular formula is C22H30O4. The minimum atomic E-state index is -0.299. The molecule has 0 saturated carbocycles. The highest BCUT2D eigenvalue weighted by Gasteiger charge is 1.94. The monoisotopic (exact) mass is 358 g/mol. The summed E-state index contributed by atoms with van der Waals surface area (Å²) in [7, 11) is 3.05. The van der Waals surface area contributed by atoms with Crippen LogP contribution < -0.4 is 4.74 Å². The first-order valence-corrected chi connectivity index (χ1v) is 9.00. The Hall–Kier alpha value is -2.33. The zero-order valence-electron chi connectivity index (χ0n) is 16.1. The quantitative estimate of drug-likeness (QED) is 0.228. The van der Waals surface area contributed by atoms with Crippen LogP contribution in [0, 0.1) is 0 Å². The van der Waals surface area contributed by atoms with Crippen molar-refractivity contribution in [3.63, 3.8) is 0 Å². The highest BCUT2D eigenvalue weighted by molar-refractivity contribution is 5.81. The van der Waals surface area contributed by atoms with Crippen molar-refractivity contribution in [2.45, 2.75) is 39.2 Å². The van der Waals surface area contributed by atoms with Crippen molar-refractivity contribution in [1.82, 2.24) is 0 Å². The molecule has 4 nitrogen and oxygen atoms in total. The third-order valence-electron chi connectivity index (χ3n) is 3.82. The van der Waals surface area contributed by atoms with Crippen LogP contribution in [0.2, 0.25) is 0 Å². The Kier molecular flexibility index (Phi) is 11.6. The normalized spacial score (nSPS) is 12.0. The molecule has 0 saturated heterocycles. The number of hydrogen-bond acceptors (Lipinski definition) is 4. The van der Waals surface area contributed by atoms with Gasteiger partial charge in [-0.05, 0) is 43.4 Å². The van der Waals surface area contributed by atoms with Crippen molar-refractivity contribution in [2.75, 3.05) is 20.8 Å². The van der Waals surface area contributed by atoms with E-state index in [-0.39, 0.29) is 5.97 Å². The van der Waals surface area contributed by atoms with Gasteiger partial charge in [-0.1, -0.05) is 48.9 Å². The highest BCUT2D eigenvalue weighted by Crippen LogP contribution is 2.12. The Bertz CT molecular complexity index is 597. The van der Waals surface area contributed by atoms with E-state index in [1.54, 1.807) is 7.11 Å². The molecule has 0 bridgehead atoms. The molecule has 1 rings (SSSR count). The van der Waals surface area contributed by atoms with Gasteiger partial charge in [0.1, 0.15) is 5.75 Å². The van der Waals surface area contributed by atoms with E-state index in [9.17, 15) is 4.79 Å². The number of carbonyl (C=O) groups is 1. The third-order valence-corrected chi connectivity index (χ3v) is 3.82. The molecule has 1 aromatic carbocycles. The first kappa shape index (κ1) is 21.7. The molecule has 0 spiro atoms. The molecular weight excluding hydrogens is 328 g/mol.